The normalized spacial score (nSPS) is 14.7. The number of benzene rings is 1. The summed E-state index contributed by atoms with van der Waals surface area (Å²) in [4.78, 5) is 0. The van der Waals surface area contributed by atoms with Gasteiger partial charge in [-0.1, -0.05) is 36.9 Å². The van der Waals surface area contributed by atoms with Gasteiger partial charge in [-0.05, 0) is 46.5 Å². The van der Waals surface area contributed by atoms with Crippen molar-refractivity contribution in [3.63, 3.8) is 0 Å². The highest BCUT2D eigenvalue weighted by Gasteiger charge is 2.56. The van der Waals surface area contributed by atoms with Gasteiger partial charge in [-0.3, -0.25) is 0 Å². The van der Waals surface area contributed by atoms with E-state index in [4.69, 9.17) is 25.9 Å². The van der Waals surface area contributed by atoms with E-state index < -0.39 is 26.2 Å². The smallest absolute Gasteiger partial charge is 0.395 e. The van der Waals surface area contributed by atoms with Crippen molar-refractivity contribution < 1.29 is 25.9 Å². The molecule has 0 fully saturated rings. The predicted molar refractivity (Wildman–Crippen MR) is 114 cm³/mol. The van der Waals surface area contributed by atoms with Crippen molar-refractivity contribution >= 4 is 31.4 Å². The molecular formula is C18H34O6Si3. The van der Waals surface area contributed by atoms with Crippen molar-refractivity contribution in [2.24, 2.45) is 0 Å². The molecule has 1 unspecified atom stereocenters. The van der Waals surface area contributed by atoms with E-state index in [1.54, 1.807) is 5.70 Å². The van der Waals surface area contributed by atoms with E-state index in [-0.39, 0.29) is 0 Å². The third-order valence-electron chi connectivity index (χ3n) is 3.55. The van der Waals surface area contributed by atoms with E-state index in [2.05, 4.69) is 6.58 Å². The van der Waals surface area contributed by atoms with E-state index in [1.165, 1.54) is 0 Å². The molecule has 0 aliphatic heterocycles. The van der Waals surface area contributed by atoms with Crippen LogP contribution in [-0.2, 0) is 25.9 Å². The lowest BCUT2D eigenvalue weighted by atomic mass is 10.4. The van der Waals surface area contributed by atoms with Gasteiger partial charge < -0.3 is 25.9 Å². The lowest BCUT2D eigenvalue weighted by Crippen LogP contribution is -2.66. The molecule has 0 spiro atoms. The van der Waals surface area contributed by atoms with Gasteiger partial charge in [0.05, 0.1) is 0 Å². The fraction of sp³-hybridized carbons (Fsp3) is 0.556. The fourth-order valence-corrected chi connectivity index (χ4v) is 12.8. The molecule has 0 aromatic heterocycles. The van der Waals surface area contributed by atoms with Crippen LogP contribution in [-0.4, -0.2) is 52.6 Å². The van der Waals surface area contributed by atoms with Crippen LogP contribution in [0.2, 0.25) is 13.1 Å². The third-order valence-corrected chi connectivity index (χ3v) is 13.4. The van der Waals surface area contributed by atoms with Crippen LogP contribution in [0.3, 0.4) is 0 Å². The maximum absolute atomic E-state index is 6.59. The molecule has 0 aliphatic rings. The van der Waals surface area contributed by atoms with Crippen LogP contribution in [0.25, 0.3) is 0 Å². The van der Waals surface area contributed by atoms with Crippen LogP contribution in [0.15, 0.2) is 42.6 Å². The molecule has 6 nitrogen and oxygen atoms in total. The Hall–Kier alpha value is -0.629. The largest absolute Gasteiger partial charge is 0.530 e. The minimum Gasteiger partial charge on any atom is -0.395 e. The zero-order valence-electron chi connectivity index (χ0n) is 17.4. The molecule has 9 heteroatoms. The first-order chi connectivity index (χ1) is 12.8. The lowest BCUT2D eigenvalue weighted by Gasteiger charge is -2.39. The second kappa shape index (κ2) is 11.4. The third kappa shape index (κ3) is 7.04. The molecule has 1 rings (SSSR count). The molecule has 1 aromatic rings. The Bertz CT molecular complexity index is 551. The standard InChI is InChI=1S/C18H34O6Si3/c1-8-19-25(6,7)23-26(12-5,20-9-2)24-27(21-10-3,22-11-4)18-16-14-13-15-17-18/h12-17H,5,8-11H2,1-4,6-7H3. The minimum atomic E-state index is -3.32. The van der Waals surface area contributed by atoms with E-state index >= 15 is 0 Å². The fourth-order valence-electron chi connectivity index (χ4n) is 2.68. The van der Waals surface area contributed by atoms with Crippen LogP contribution in [0.1, 0.15) is 27.7 Å². The summed E-state index contributed by atoms with van der Waals surface area (Å²) in [6, 6.07) is 9.74. The second-order valence-corrected chi connectivity index (χ2v) is 15.0. The van der Waals surface area contributed by atoms with Crippen molar-refractivity contribution in [1.82, 2.24) is 0 Å². The topological polar surface area (TPSA) is 55.4 Å². The maximum atomic E-state index is 6.59. The summed E-state index contributed by atoms with van der Waals surface area (Å²) in [5.74, 6) is 0. The van der Waals surface area contributed by atoms with Crippen molar-refractivity contribution in [3.05, 3.63) is 42.6 Å². The Labute approximate surface area is 167 Å². The molecule has 0 N–H and O–H groups in total. The van der Waals surface area contributed by atoms with Gasteiger partial charge >= 0.3 is 26.2 Å². The zero-order valence-corrected chi connectivity index (χ0v) is 20.4. The molecule has 1 aromatic carbocycles. The lowest BCUT2D eigenvalue weighted by molar-refractivity contribution is 0.0809. The van der Waals surface area contributed by atoms with Gasteiger partial charge in [0, 0.05) is 31.6 Å². The SMILES string of the molecule is C=C[Si](OCC)(O[Si](C)(C)OCC)O[Si](OCC)(OCC)c1ccccc1. The first-order valence-electron chi connectivity index (χ1n) is 9.47. The predicted octanol–water partition coefficient (Wildman–Crippen LogP) is 3.38. The molecule has 1 atom stereocenters. The Morgan fingerprint density at radius 3 is 1.74 bits per heavy atom. The molecule has 0 amide bonds. The quantitative estimate of drug-likeness (QED) is 0.422. The minimum absolute atomic E-state index is 0.423. The van der Waals surface area contributed by atoms with Crippen molar-refractivity contribution in [3.8, 4) is 0 Å². The van der Waals surface area contributed by atoms with Gasteiger partial charge in [0.2, 0.25) is 0 Å². The molecule has 154 valence electrons. The van der Waals surface area contributed by atoms with Crippen LogP contribution < -0.4 is 5.19 Å². The molecule has 0 saturated carbocycles. The van der Waals surface area contributed by atoms with Gasteiger partial charge in [-0.15, -0.1) is 0 Å². The Morgan fingerprint density at radius 2 is 1.30 bits per heavy atom. The highest BCUT2D eigenvalue weighted by molar-refractivity contribution is 6.88. The van der Waals surface area contributed by atoms with Gasteiger partial charge in [-0.25, -0.2) is 0 Å². The summed E-state index contributed by atoms with van der Waals surface area (Å²) >= 11 is 0. The van der Waals surface area contributed by atoms with Gasteiger partial charge in [0.1, 0.15) is 0 Å². The molecule has 0 saturated heterocycles. The summed E-state index contributed by atoms with van der Waals surface area (Å²) in [6.45, 7) is 17.5. The number of hydrogen-bond acceptors (Lipinski definition) is 6. The summed E-state index contributed by atoms with van der Waals surface area (Å²) < 4.78 is 37.1. The van der Waals surface area contributed by atoms with E-state index in [0.29, 0.717) is 26.4 Å². The molecular weight excluding hydrogens is 396 g/mol. The van der Waals surface area contributed by atoms with Gasteiger partial charge in [0.15, 0.2) is 0 Å². The van der Waals surface area contributed by atoms with Crippen molar-refractivity contribution in [1.29, 1.82) is 0 Å². The Kier molecular flexibility index (Phi) is 10.3. The van der Waals surface area contributed by atoms with Crippen LogP contribution in [0, 0.1) is 0 Å². The van der Waals surface area contributed by atoms with Gasteiger partial charge in [-0.2, -0.15) is 0 Å². The monoisotopic (exact) mass is 430 g/mol. The van der Waals surface area contributed by atoms with E-state index in [1.807, 2.05) is 71.1 Å². The van der Waals surface area contributed by atoms with Gasteiger partial charge in [0.25, 0.3) is 0 Å². The first kappa shape index (κ1) is 24.4. The number of rotatable bonds is 14. The Balaban J connectivity index is 3.38. The van der Waals surface area contributed by atoms with E-state index in [9.17, 15) is 0 Å². The highest BCUT2D eigenvalue weighted by atomic mass is 28.5. The molecule has 27 heavy (non-hydrogen) atoms. The van der Waals surface area contributed by atoms with Crippen LogP contribution in [0.4, 0.5) is 0 Å². The van der Waals surface area contributed by atoms with Crippen LogP contribution >= 0.6 is 0 Å². The van der Waals surface area contributed by atoms with Crippen molar-refractivity contribution in [2.75, 3.05) is 26.4 Å². The summed E-state index contributed by atoms with van der Waals surface area (Å²) in [5.41, 5.74) is 1.65. The Morgan fingerprint density at radius 1 is 0.778 bits per heavy atom. The molecule has 0 aliphatic carbocycles. The van der Waals surface area contributed by atoms with Crippen LogP contribution in [0.5, 0.6) is 0 Å². The summed E-state index contributed by atoms with van der Waals surface area (Å²) in [6.07, 6.45) is 0. The number of hydrogen-bond donors (Lipinski definition) is 0. The van der Waals surface area contributed by atoms with Crippen molar-refractivity contribution in [2.45, 2.75) is 40.8 Å². The molecule has 0 bridgehead atoms. The molecule has 0 heterocycles. The van der Waals surface area contributed by atoms with E-state index in [0.717, 1.165) is 5.19 Å². The first-order valence-corrected chi connectivity index (χ1v) is 15.8. The average Bonchev–Trinajstić information content (AvgIpc) is 2.62. The zero-order chi connectivity index (χ0) is 20.4. The summed E-state index contributed by atoms with van der Waals surface area (Å²) in [5, 5.41) is 0.867. The highest BCUT2D eigenvalue weighted by Crippen LogP contribution is 2.25. The second-order valence-electron chi connectivity index (χ2n) is 6.07. The summed E-state index contributed by atoms with van der Waals surface area (Å²) in [7, 11) is -9.10. The molecule has 0 radical (unpaired) electrons. The maximum Gasteiger partial charge on any atom is 0.530 e. The average molecular weight is 431 g/mol.